The van der Waals surface area contributed by atoms with E-state index in [2.05, 4.69) is 153 Å². The first-order chi connectivity index (χ1) is 20.1. The average Bonchev–Trinajstić information content (AvgIpc) is 3.57. The second-order valence-corrected chi connectivity index (χ2v) is 12.2. The topological polar surface area (TPSA) is 12.0 Å². The third-order valence-electron chi connectivity index (χ3n) is 9.88. The molecule has 194 valence electrons. The number of anilines is 2. The molecule has 0 bridgehead atoms. The van der Waals surface area contributed by atoms with Crippen LogP contribution in [0.4, 0.5) is 11.4 Å². The first-order valence-electron chi connectivity index (χ1n) is 14.5. The van der Waals surface area contributed by atoms with Crippen molar-refractivity contribution in [1.29, 1.82) is 0 Å². The van der Waals surface area contributed by atoms with Crippen LogP contribution in [0.3, 0.4) is 0 Å². The van der Waals surface area contributed by atoms with Crippen LogP contribution in [0, 0.1) is 0 Å². The summed E-state index contributed by atoms with van der Waals surface area (Å²) in [4.78, 5) is 0. The third-order valence-corrected chi connectivity index (χ3v) is 9.88. The van der Waals surface area contributed by atoms with Crippen LogP contribution in [0.15, 0.2) is 133 Å². The highest BCUT2D eigenvalue weighted by atomic mass is 14.9. The van der Waals surface area contributed by atoms with Crippen molar-refractivity contribution >= 4 is 11.4 Å². The van der Waals surface area contributed by atoms with Gasteiger partial charge in [0.2, 0.25) is 0 Å². The highest BCUT2D eigenvalue weighted by molar-refractivity contribution is 5.99. The summed E-state index contributed by atoms with van der Waals surface area (Å²) in [5.41, 5.74) is 18.2. The Morgan fingerprint density at radius 3 is 1.56 bits per heavy atom. The molecule has 0 saturated carbocycles. The molecule has 0 aromatic heterocycles. The number of hydrogen-bond acceptors (Lipinski definition) is 1. The zero-order valence-electron chi connectivity index (χ0n) is 23.2. The quantitative estimate of drug-likeness (QED) is 0.238. The molecular formula is C40H29N. The second kappa shape index (κ2) is 7.86. The summed E-state index contributed by atoms with van der Waals surface area (Å²) in [5, 5.41) is 3.89. The van der Waals surface area contributed by atoms with Crippen molar-refractivity contribution in [3.8, 4) is 33.4 Å². The third kappa shape index (κ3) is 2.76. The molecule has 0 radical (unpaired) electrons. The lowest BCUT2D eigenvalue weighted by Gasteiger charge is -2.30. The highest BCUT2D eigenvalue weighted by Crippen LogP contribution is 2.64. The fourth-order valence-electron chi connectivity index (χ4n) is 8.19. The van der Waals surface area contributed by atoms with Crippen LogP contribution in [-0.2, 0) is 10.8 Å². The fraction of sp³-hybridized carbons (Fsp3) is 0.100. The molecule has 0 atom stereocenters. The Morgan fingerprint density at radius 2 is 0.902 bits per heavy atom. The van der Waals surface area contributed by atoms with Gasteiger partial charge in [-0.25, -0.2) is 0 Å². The van der Waals surface area contributed by atoms with Gasteiger partial charge >= 0.3 is 0 Å². The minimum absolute atomic E-state index is 0.0316. The molecule has 3 aliphatic rings. The summed E-state index contributed by atoms with van der Waals surface area (Å²) in [6.07, 6.45) is 0. The maximum absolute atomic E-state index is 3.89. The lowest BCUT2D eigenvalue weighted by atomic mass is 9.70. The molecule has 0 fully saturated rings. The van der Waals surface area contributed by atoms with E-state index in [-0.39, 0.29) is 10.8 Å². The number of nitrogens with one attached hydrogen (secondary N) is 1. The molecule has 3 aliphatic carbocycles. The average molecular weight is 524 g/mol. The summed E-state index contributed by atoms with van der Waals surface area (Å²) in [6.45, 7) is 4.69. The number of rotatable bonds is 2. The summed E-state index contributed by atoms with van der Waals surface area (Å²) in [5.74, 6) is 0. The molecular weight excluding hydrogens is 494 g/mol. The summed E-state index contributed by atoms with van der Waals surface area (Å²) in [6, 6.07) is 49.6. The molecule has 6 aromatic rings. The second-order valence-electron chi connectivity index (χ2n) is 12.2. The van der Waals surface area contributed by atoms with E-state index in [0.717, 1.165) is 11.4 Å². The molecule has 1 nitrogen and oxygen atoms in total. The van der Waals surface area contributed by atoms with Crippen LogP contribution in [0.2, 0.25) is 0 Å². The van der Waals surface area contributed by atoms with Crippen molar-refractivity contribution < 1.29 is 0 Å². The Kier molecular flexibility index (Phi) is 4.39. The summed E-state index contributed by atoms with van der Waals surface area (Å²) in [7, 11) is 0. The summed E-state index contributed by atoms with van der Waals surface area (Å²) < 4.78 is 0. The van der Waals surface area contributed by atoms with E-state index in [4.69, 9.17) is 0 Å². The van der Waals surface area contributed by atoms with Crippen LogP contribution >= 0.6 is 0 Å². The standard InChI is InChI=1S/C40H29N/c1-39(2)31-16-7-3-12-26(31)29-23-22-25(24-36(29)39)41-37-21-11-20-35-38(37)30-15-6-10-19-34(30)40(35)32-17-8-4-13-27(32)28-14-5-9-18-33(28)40/h3-24,41H,1-2H3. The van der Waals surface area contributed by atoms with Gasteiger partial charge in [0.25, 0.3) is 0 Å². The monoisotopic (exact) mass is 523 g/mol. The van der Waals surface area contributed by atoms with E-state index in [9.17, 15) is 0 Å². The molecule has 0 saturated heterocycles. The van der Waals surface area contributed by atoms with Gasteiger partial charge in [-0.1, -0.05) is 129 Å². The minimum Gasteiger partial charge on any atom is -0.355 e. The Bertz CT molecular complexity index is 2020. The molecule has 9 rings (SSSR count). The molecule has 0 amide bonds. The maximum Gasteiger partial charge on any atom is 0.0726 e. The predicted octanol–water partition coefficient (Wildman–Crippen LogP) is 10.1. The van der Waals surface area contributed by atoms with Crippen LogP contribution in [0.5, 0.6) is 0 Å². The van der Waals surface area contributed by atoms with Gasteiger partial charge < -0.3 is 5.32 Å². The maximum atomic E-state index is 3.89. The Labute approximate surface area is 241 Å². The number of hydrogen-bond donors (Lipinski definition) is 1. The van der Waals surface area contributed by atoms with Crippen molar-refractivity contribution in [2.75, 3.05) is 5.32 Å². The molecule has 6 aromatic carbocycles. The van der Waals surface area contributed by atoms with Gasteiger partial charge in [0.05, 0.1) is 5.41 Å². The Balaban J connectivity index is 1.25. The first-order valence-corrected chi connectivity index (χ1v) is 14.5. The van der Waals surface area contributed by atoms with E-state index in [1.54, 1.807) is 0 Å². The van der Waals surface area contributed by atoms with Gasteiger partial charge in [-0.3, -0.25) is 0 Å². The summed E-state index contributed by atoms with van der Waals surface area (Å²) >= 11 is 0. The molecule has 0 aliphatic heterocycles. The molecule has 1 heteroatoms. The van der Waals surface area contributed by atoms with E-state index >= 15 is 0 Å². The molecule has 1 spiro atoms. The van der Waals surface area contributed by atoms with Crippen LogP contribution in [0.25, 0.3) is 33.4 Å². The minimum atomic E-state index is -0.321. The molecule has 1 N–H and O–H groups in total. The van der Waals surface area contributed by atoms with Gasteiger partial charge in [0.1, 0.15) is 0 Å². The van der Waals surface area contributed by atoms with Gasteiger partial charge in [-0.05, 0) is 79.4 Å². The number of benzene rings is 6. The van der Waals surface area contributed by atoms with Gasteiger partial charge in [-0.2, -0.15) is 0 Å². The Hall–Kier alpha value is -4.88. The van der Waals surface area contributed by atoms with Gasteiger partial charge in [0, 0.05) is 22.4 Å². The van der Waals surface area contributed by atoms with Crippen molar-refractivity contribution in [2.45, 2.75) is 24.7 Å². The van der Waals surface area contributed by atoms with Crippen molar-refractivity contribution in [3.63, 3.8) is 0 Å². The van der Waals surface area contributed by atoms with E-state index < -0.39 is 0 Å². The van der Waals surface area contributed by atoms with Gasteiger partial charge in [-0.15, -0.1) is 0 Å². The zero-order valence-corrected chi connectivity index (χ0v) is 23.2. The SMILES string of the molecule is CC1(C)c2ccccc2-c2ccc(Nc3cccc4c3-c3ccccc3C43c4ccccc4-c4ccccc43)cc21. The van der Waals surface area contributed by atoms with Crippen LogP contribution in [-0.4, -0.2) is 0 Å². The van der Waals surface area contributed by atoms with E-state index in [0.29, 0.717) is 0 Å². The normalized spacial score (nSPS) is 15.5. The number of fused-ring (bicyclic) bond motifs is 13. The molecule has 41 heavy (non-hydrogen) atoms. The first kappa shape index (κ1) is 22.9. The van der Waals surface area contributed by atoms with Gasteiger partial charge in [0.15, 0.2) is 0 Å². The lowest BCUT2D eigenvalue weighted by Crippen LogP contribution is -2.25. The van der Waals surface area contributed by atoms with Crippen molar-refractivity contribution in [1.82, 2.24) is 0 Å². The van der Waals surface area contributed by atoms with E-state index in [1.165, 1.54) is 66.8 Å². The molecule has 0 heterocycles. The van der Waals surface area contributed by atoms with Crippen molar-refractivity contribution in [3.05, 3.63) is 167 Å². The Morgan fingerprint density at radius 1 is 0.415 bits per heavy atom. The van der Waals surface area contributed by atoms with Crippen LogP contribution < -0.4 is 5.32 Å². The lowest BCUT2D eigenvalue weighted by molar-refractivity contribution is 0.660. The fourth-order valence-corrected chi connectivity index (χ4v) is 8.19. The molecule has 0 unspecified atom stereocenters. The van der Waals surface area contributed by atoms with Crippen molar-refractivity contribution in [2.24, 2.45) is 0 Å². The zero-order chi connectivity index (χ0) is 27.3. The van der Waals surface area contributed by atoms with E-state index in [1.807, 2.05) is 0 Å². The smallest absolute Gasteiger partial charge is 0.0726 e. The largest absolute Gasteiger partial charge is 0.355 e. The highest BCUT2D eigenvalue weighted by Gasteiger charge is 2.52. The van der Waals surface area contributed by atoms with Crippen LogP contribution in [0.1, 0.15) is 47.2 Å². The predicted molar refractivity (Wildman–Crippen MR) is 170 cm³/mol.